The fourth-order valence-corrected chi connectivity index (χ4v) is 4.21. The number of piperidine rings is 1. The van der Waals surface area contributed by atoms with Crippen LogP contribution < -0.4 is 15.2 Å². The molecule has 1 heterocycles. The van der Waals surface area contributed by atoms with E-state index in [-0.39, 0.29) is 22.8 Å². The zero-order valence-electron chi connectivity index (χ0n) is 14.9. The lowest BCUT2D eigenvalue weighted by Crippen LogP contribution is -2.55. The number of hydrogen-bond acceptors (Lipinski definition) is 5. The molecule has 2 unspecified atom stereocenters. The fraction of sp³-hybridized carbons (Fsp3) is 0.588. The smallest absolute Gasteiger partial charge is 0.241 e. The van der Waals surface area contributed by atoms with Gasteiger partial charge in [-0.2, -0.15) is 4.72 Å². The summed E-state index contributed by atoms with van der Waals surface area (Å²) in [6, 6.07) is 5.19. The molecule has 25 heavy (non-hydrogen) atoms. The molecule has 0 saturated carbocycles. The lowest BCUT2D eigenvalue weighted by atomic mass is 10.0. The molecule has 1 fully saturated rings. The van der Waals surface area contributed by atoms with Gasteiger partial charge in [0.15, 0.2) is 0 Å². The summed E-state index contributed by atoms with van der Waals surface area (Å²) in [5, 5.41) is 0. The van der Waals surface area contributed by atoms with Crippen molar-refractivity contribution in [3.8, 4) is 5.75 Å². The van der Waals surface area contributed by atoms with Gasteiger partial charge in [0, 0.05) is 19.1 Å². The highest BCUT2D eigenvalue weighted by atomic mass is 32.2. The van der Waals surface area contributed by atoms with E-state index in [1.165, 1.54) is 19.2 Å². The Hall–Kier alpha value is -1.64. The van der Waals surface area contributed by atoms with Gasteiger partial charge < -0.3 is 15.4 Å². The number of benzene rings is 1. The minimum Gasteiger partial charge on any atom is -0.497 e. The molecule has 1 aromatic carbocycles. The molecule has 1 aliphatic rings. The van der Waals surface area contributed by atoms with Crippen molar-refractivity contribution in [1.82, 2.24) is 9.62 Å². The van der Waals surface area contributed by atoms with Crippen LogP contribution in [0.25, 0.3) is 0 Å². The van der Waals surface area contributed by atoms with E-state index < -0.39 is 16.1 Å². The van der Waals surface area contributed by atoms with Crippen LogP contribution in [0.2, 0.25) is 0 Å². The average Bonchev–Trinajstić information content (AvgIpc) is 2.59. The second kappa shape index (κ2) is 8.16. The average molecular weight is 369 g/mol. The van der Waals surface area contributed by atoms with Crippen LogP contribution in [-0.4, -0.2) is 51.5 Å². The number of hydrogen-bond donors (Lipinski definition) is 2. The Morgan fingerprint density at radius 2 is 1.96 bits per heavy atom. The molecule has 2 rings (SSSR count). The van der Waals surface area contributed by atoms with Gasteiger partial charge in [-0.25, -0.2) is 8.42 Å². The van der Waals surface area contributed by atoms with Crippen LogP contribution in [0.5, 0.6) is 5.75 Å². The lowest BCUT2D eigenvalue weighted by molar-refractivity contribution is -0.135. The first kappa shape index (κ1) is 19.7. The normalized spacial score (nSPS) is 19.7. The van der Waals surface area contributed by atoms with E-state index in [2.05, 4.69) is 4.72 Å². The van der Waals surface area contributed by atoms with Gasteiger partial charge in [0.05, 0.1) is 12.0 Å². The maximum absolute atomic E-state index is 12.8. The Kier molecular flexibility index (Phi) is 6.42. The first-order chi connectivity index (χ1) is 11.7. The first-order valence-corrected chi connectivity index (χ1v) is 9.93. The maximum atomic E-state index is 12.8. The summed E-state index contributed by atoms with van der Waals surface area (Å²) in [5.41, 5.74) is 5.94. The minimum absolute atomic E-state index is 0.0521. The largest absolute Gasteiger partial charge is 0.497 e. The molecule has 0 bridgehead atoms. The molecule has 1 saturated heterocycles. The molecule has 0 aromatic heterocycles. The van der Waals surface area contributed by atoms with E-state index in [9.17, 15) is 13.2 Å². The van der Waals surface area contributed by atoms with E-state index in [0.29, 0.717) is 18.8 Å². The van der Waals surface area contributed by atoms with Crippen molar-refractivity contribution in [1.29, 1.82) is 0 Å². The number of methoxy groups -OCH3 is 1. The van der Waals surface area contributed by atoms with Gasteiger partial charge in [-0.3, -0.25) is 4.79 Å². The van der Waals surface area contributed by atoms with Crippen molar-refractivity contribution in [2.24, 2.45) is 11.7 Å². The molecule has 0 radical (unpaired) electrons. The van der Waals surface area contributed by atoms with Crippen molar-refractivity contribution in [2.75, 3.05) is 20.2 Å². The van der Waals surface area contributed by atoms with Crippen molar-refractivity contribution < 1.29 is 17.9 Å². The summed E-state index contributed by atoms with van der Waals surface area (Å²) in [4.78, 5) is 14.6. The quantitative estimate of drug-likeness (QED) is 0.777. The fourth-order valence-electron chi connectivity index (χ4n) is 2.87. The highest BCUT2D eigenvalue weighted by Crippen LogP contribution is 2.18. The standard InChI is InChI=1S/C17H27N3O4S/c1-12(2)16(17(21)20-10-4-5-13(18)11-20)19-25(22,23)15-8-6-14(24-3)7-9-15/h6-9,12-13,16,19H,4-5,10-11,18H2,1-3H3. The second-order valence-corrected chi connectivity index (χ2v) is 8.42. The Balaban J connectivity index is 2.17. The third-order valence-corrected chi connectivity index (χ3v) is 5.81. The van der Waals surface area contributed by atoms with Crippen LogP contribution in [-0.2, 0) is 14.8 Å². The number of likely N-dealkylation sites (tertiary alicyclic amines) is 1. The van der Waals surface area contributed by atoms with Crippen LogP contribution >= 0.6 is 0 Å². The van der Waals surface area contributed by atoms with E-state index in [1.54, 1.807) is 17.0 Å². The van der Waals surface area contributed by atoms with Gasteiger partial charge in [-0.15, -0.1) is 0 Å². The molecule has 140 valence electrons. The Labute approximate surface area is 149 Å². The molecule has 1 aromatic rings. The number of ether oxygens (including phenoxy) is 1. The number of nitrogens with one attached hydrogen (secondary N) is 1. The van der Waals surface area contributed by atoms with Crippen molar-refractivity contribution >= 4 is 15.9 Å². The van der Waals surface area contributed by atoms with Crippen LogP contribution in [0.4, 0.5) is 0 Å². The van der Waals surface area contributed by atoms with Crippen LogP contribution in [0.15, 0.2) is 29.2 Å². The van der Waals surface area contributed by atoms with Crippen LogP contribution in [0.3, 0.4) is 0 Å². The molecule has 2 atom stereocenters. The maximum Gasteiger partial charge on any atom is 0.241 e. The number of nitrogens with two attached hydrogens (primary N) is 1. The molecule has 1 aliphatic heterocycles. The summed E-state index contributed by atoms with van der Waals surface area (Å²) in [6.45, 7) is 4.72. The third-order valence-electron chi connectivity index (χ3n) is 4.35. The molecule has 0 aliphatic carbocycles. The van der Waals surface area contributed by atoms with Crippen LogP contribution in [0, 0.1) is 5.92 Å². The van der Waals surface area contributed by atoms with Gasteiger partial charge in [0.2, 0.25) is 15.9 Å². The number of nitrogens with zero attached hydrogens (tertiary/aromatic N) is 1. The first-order valence-electron chi connectivity index (χ1n) is 8.45. The summed E-state index contributed by atoms with van der Waals surface area (Å²) < 4.78 is 32.9. The van der Waals surface area contributed by atoms with E-state index in [4.69, 9.17) is 10.5 Å². The Morgan fingerprint density at radius 3 is 2.48 bits per heavy atom. The Bertz CT molecular complexity index is 688. The van der Waals surface area contributed by atoms with Crippen molar-refractivity contribution in [3.63, 3.8) is 0 Å². The predicted molar refractivity (Wildman–Crippen MR) is 95.7 cm³/mol. The van der Waals surface area contributed by atoms with E-state index in [1.807, 2.05) is 13.8 Å². The van der Waals surface area contributed by atoms with Crippen LogP contribution in [0.1, 0.15) is 26.7 Å². The topological polar surface area (TPSA) is 102 Å². The monoisotopic (exact) mass is 369 g/mol. The molecule has 3 N–H and O–H groups in total. The van der Waals surface area contributed by atoms with Crippen molar-refractivity contribution in [2.45, 2.75) is 43.7 Å². The van der Waals surface area contributed by atoms with Gasteiger partial charge in [0.1, 0.15) is 11.8 Å². The summed E-state index contributed by atoms with van der Waals surface area (Å²) >= 11 is 0. The summed E-state index contributed by atoms with van der Waals surface area (Å²) in [7, 11) is -2.30. The van der Waals surface area contributed by atoms with Gasteiger partial charge in [0.25, 0.3) is 0 Å². The zero-order chi connectivity index (χ0) is 18.6. The number of carbonyl (C=O) groups is 1. The number of amides is 1. The molecule has 7 nitrogen and oxygen atoms in total. The van der Waals surface area contributed by atoms with Gasteiger partial charge >= 0.3 is 0 Å². The lowest BCUT2D eigenvalue weighted by Gasteiger charge is -2.34. The molecular formula is C17H27N3O4S. The van der Waals surface area contributed by atoms with E-state index >= 15 is 0 Å². The highest BCUT2D eigenvalue weighted by molar-refractivity contribution is 7.89. The summed E-state index contributed by atoms with van der Waals surface area (Å²) in [5.74, 6) is 0.165. The molecule has 8 heteroatoms. The molecule has 0 spiro atoms. The van der Waals surface area contributed by atoms with Crippen molar-refractivity contribution in [3.05, 3.63) is 24.3 Å². The Morgan fingerprint density at radius 1 is 1.32 bits per heavy atom. The number of carbonyl (C=O) groups excluding carboxylic acids is 1. The zero-order valence-corrected chi connectivity index (χ0v) is 15.8. The second-order valence-electron chi connectivity index (χ2n) is 6.71. The highest BCUT2D eigenvalue weighted by Gasteiger charge is 2.33. The van der Waals surface area contributed by atoms with Gasteiger partial charge in [-0.1, -0.05) is 13.8 Å². The summed E-state index contributed by atoms with van der Waals surface area (Å²) in [6.07, 6.45) is 1.72. The molecule has 1 amide bonds. The minimum atomic E-state index is -3.81. The predicted octanol–water partition coefficient (Wildman–Crippen LogP) is 0.948. The third kappa shape index (κ3) is 4.93. The SMILES string of the molecule is COc1ccc(S(=O)(=O)NC(C(=O)N2CCCC(N)C2)C(C)C)cc1. The number of rotatable bonds is 6. The van der Waals surface area contributed by atoms with E-state index in [0.717, 1.165) is 12.8 Å². The number of sulfonamides is 1. The van der Waals surface area contributed by atoms with Gasteiger partial charge in [-0.05, 0) is 43.0 Å². The molecular weight excluding hydrogens is 342 g/mol.